The van der Waals surface area contributed by atoms with Crippen molar-refractivity contribution in [1.82, 2.24) is 3.90 Å². The molecule has 0 rings (SSSR count). The number of hydrogen-bond donors (Lipinski definition) is 0. The average Bonchev–Trinajstić information content (AvgIpc) is 1.85. The minimum Gasteiger partial charge on any atom is -0.377 e. The molecule has 0 unspecified atom stereocenters. The van der Waals surface area contributed by atoms with E-state index in [0.29, 0.717) is 0 Å². The van der Waals surface area contributed by atoms with Gasteiger partial charge in [0, 0.05) is 11.0 Å². The number of hydrogen-bond acceptors (Lipinski definition) is 1. The van der Waals surface area contributed by atoms with E-state index in [1.807, 2.05) is 0 Å². The molecule has 0 aliphatic rings. The van der Waals surface area contributed by atoms with E-state index in [2.05, 4.69) is 23.5 Å². The summed E-state index contributed by atoms with van der Waals surface area (Å²) in [6.45, 7) is 7.14. The standard InChI is InChI=1S/C5H17Cl2NSi3/c1-11(2,3)8(9-4-6)10-5-7/h4-5,9-10H2,1-3H3. The fourth-order valence-corrected chi connectivity index (χ4v) is 12.6. The second-order valence-electron chi connectivity index (χ2n) is 3.54. The summed E-state index contributed by atoms with van der Waals surface area (Å²) in [5, 5.41) is 0. The van der Waals surface area contributed by atoms with Gasteiger partial charge in [0.1, 0.15) is 8.24 Å². The van der Waals surface area contributed by atoms with Crippen LogP contribution in [0, 0.1) is 0 Å². The van der Waals surface area contributed by atoms with Crippen LogP contribution in [0.4, 0.5) is 0 Å². The van der Waals surface area contributed by atoms with Crippen molar-refractivity contribution in [2.24, 2.45) is 0 Å². The zero-order chi connectivity index (χ0) is 8.91. The molecule has 0 heterocycles. The molecule has 68 valence electrons. The summed E-state index contributed by atoms with van der Waals surface area (Å²) < 4.78 is 2.70. The molecule has 0 saturated carbocycles. The molecule has 0 atom stereocenters. The predicted octanol–water partition coefficient (Wildman–Crippen LogP) is 0.683. The van der Waals surface area contributed by atoms with Crippen LogP contribution in [-0.4, -0.2) is 42.5 Å². The first-order chi connectivity index (χ1) is 5.02. The molecule has 0 N–H and O–H groups in total. The Hall–Kier alpha value is 1.19. The molecule has 1 nitrogen and oxygen atoms in total. The first-order valence-electron chi connectivity index (χ1n) is 3.89. The van der Waals surface area contributed by atoms with Gasteiger partial charge in [-0.25, -0.2) is 0 Å². The zero-order valence-electron chi connectivity index (χ0n) is 7.53. The maximum absolute atomic E-state index is 5.76. The van der Waals surface area contributed by atoms with Crippen LogP contribution in [0.1, 0.15) is 0 Å². The highest BCUT2D eigenvalue weighted by atomic mass is 35.5. The maximum Gasteiger partial charge on any atom is 0.105 e. The van der Waals surface area contributed by atoms with E-state index in [1.54, 1.807) is 0 Å². The Morgan fingerprint density at radius 2 is 1.45 bits per heavy atom. The molecule has 0 aliphatic carbocycles. The van der Waals surface area contributed by atoms with E-state index in [1.165, 1.54) is 0 Å². The minimum atomic E-state index is -1.04. The fourth-order valence-electron chi connectivity index (χ4n) is 0.987. The van der Waals surface area contributed by atoms with Crippen molar-refractivity contribution in [3.8, 4) is 0 Å². The summed E-state index contributed by atoms with van der Waals surface area (Å²) in [6.07, 6.45) is 0. The minimum absolute atomic E-state index is 0.142. The van der Waals surface area contributed by atoms with E-state index < -0.39 is 8.24 Å². The summed E-state index contributed by atoms with van der Waals surface area (Å²) >= 11 is 11.5. The summed E-state index contributed by atoms with van der Waals surface area (Å²) in [6, 6.07) is 0. The van der Waals surface area contributed by atoms with E-state index in [0.717, 1.165) is 11.0 Å². The Balaban J connectivity index is 3.88. The number of halogens is 2. The van der Waals surface area contributed by atoms with Crippen LogP contribution >= 0.6 is 23.2 Å². The predicted molar refractivity (Wildman–Crippen MR) is 63.7 cm³/mol. The van der Waals surface area contributed by atoms with Crippen LogP contribution in [0.2, 0.25) is 19.6 Å². The van der Waals surface area contributed by atoms with Gasteiger partial charge in [-0.2, -0.15) is 0 Å². The van der Waals surface area contributed by atoms with E-state index in [4.69, 9.17) is 23.2 Å². The van der Waals surface area contributed by atoms with E-state index >= 15 is 0 Å². The molecule has 0 aliphatic heterocycles. The molecule has 11 heavy (non-hydrogen) atoms. The van der Waals surface area contributed by atoms with Gasteiger partial charge in [-0.05, 0) is 0 Å². The highest BCUT2D eigenvalue weighted by Crippen LogP contribution is 2.06. The lowest BCUT2D eigenvalue weighted by Crippen LogP contribution is -2.51. The second-order valence-corrected chi connectivity index (χ2v) is 16.1. The molecule has 0 fully saturated rings. The molecule has 6 heteroatoms. The quantitative estimate of drug-likeness (QED) is 0.509. The summed E-state index contributed by atoms with van der Waals surface area (Å²) in [4.78, 5) is 0. The normalized spacial score (nSPS) is 14.7. The Morgan fingerprint density at radius 1 is 1.09 bits per heavy atom. The Bertz CT molecular complexity index is 100. The summed E-state index contributed by atoms with van der Waals surface area (Å²) in [5.41, 5.74) is 1.77. The third-order valence-electron chi connectivity index (χ3n) is 1.66. The van der Waals surface area contributed by atoms with Crippen molar-refractivity contribution in [3.63, 3.8) is 0 Å². The smallest absolute Gasteiger partial charge is 0.105 e. The summed E-state index contributed by atoms with van der Waals surface area (Å²) in [5.74, 6) is 0. The van der Waals surface area contributed by atoms with Crippen LogP contribution < -0.4 is 0 Å². The van der Waals surface area contributed by atoms with E-state index in [-0.39, 0.29) is 19.4 Å². The lowest BCUT2D eigenvalue weighted by Gasteiger charge is -2.33. The lowest BCUT2D eigenvalue weighted by atomic mass is 11.8. The van der Waals surface area contributed by atoms with Crippen molar-refractivity contribution in [3.05, 3.63) is 0 Å². The number of nitrogens with zero attached hydrogens (tertiary/aromatic N) is 1. The highest BCUT2D eigenvalue weighted by molar-refractivity contribution is 6.87. The maximum atomic E-state index is 5.76. The van der Waals surface area contributed by atoms with Gasteiger partial charge in [-0.15, -0.1) is 23.2 Å². The molecule has 0 amide bonds. The van der Waals surface area contributed by atoms with Gasteiger partial charge in [-0.1, -0.05) is 19.6 Å². The topological polar surface area (TPSA) is 3.24 Å². The first kappa shape index (κ1) is 12.2. The molecular weight excluding hydrogens is 229 g/mol. The van der Waals surface area contributed by atoms with Crippen molar-refractivity contribution < 1.29 is 0 Å². The Kier molecular flexibility index (Phi) is 6.40. The van der Waals surface area contributed by atoms with Gasteiger partial charge in [0.15, 0.2) is 0 Å². The van der Waals surface area contributed by atoms with Crippen LogP contribution in [0.3, 0.4) is 0 Å². The molecule has 0 aromatic carbocycles. The second kappa shape index (κ2) is 5.77. The van der Waals surface area contributed by atoms with Gasteiger partial charge < -0.3 is 3.90 Å². The Morgan fingerprint density at radius 3 is 1.64 bits per heavy atom. The van der Waals surface area contributed by atoms with E-state index in [9.17, 15) is 0 Å². The summed E-state index contributed by atoms with van der Waals surface area (Å²) in [7, 11) is -1.32. The number of alkyl halides is 2. The van der Waals surface area contributed by atoms with Gasteiger partial charge in [0.2, 0.25) is 0 Å². The van der Waals surface area contributed by atoms with Crippen LogP contribution in [-0.2, 0) is 0 Å². The van der Waals surface area contributed by atoms with Crippen molar-refractivity contribution >= 4 is 50.8 Å². The third kappa shape index (κ3) is 5.43. The largest absolute Gasteiger partial charge is 0.377 e. The molecule has 0 radical (unpaired) electrons. The molecule has 0 bridgehead atoms. The molecule has 0 aromatic rings. The fraction of sp³-hybridized carbons (Fsp3) is 1.00. The number of rotatable bonds is 5. The van der Waals surface area contributed by atoms with Crippen molar-refractivity contribution in [2.75, 3.05) is 11.0 Å². The monoisotopic (exact) mass is 245 g/mol. The van der Waals surface area contributed by atoms with Crippen LogP contribution in [0.25, 0.3) is 0 Å². The third-order valence-corrected chi connectivity index (χ3v) is 14.9. The average molecular weight is 246 g/mol. The molecule has 0 saturated heterocycles. The van der Waals surface area contributed by atoms with Crippen LogP contribution in [0.15, 0.2) is 0 Å². The van der Waals surface area contributed by atoms with Gasteiger partial charge in [-0.3, -0.25) is 0 Å². The van der Waals surface area contributed by atoms with Gasteiger partial charge in [0.25, 0.3) is 0 Å². The molecular formula is C5H17Cl2NSi3. The van der Waals surface area contributed by atoms with Crippen molar-refractivity contribution in [2.45, 2.75) is 19.6 Å². The first-order valence-corrected chi connectivity index (χ1v) is 11.7. The van der Waals surface area contributed by atoms with Gasteiger partial charge >= 0.3 is 0 Å². The molecule has 0 aromatic heterocycles. The van der Waals surface area contributed by atoms with Crippen LogP contribution in [0.5, 0.6) is 0 Å². The molecule has 0 spiro atoms. The van der Waals surface area contributed by atoms with Crippen molar-refractivity contribution in [1.29, 1.82) is 0 Å². The van der Waals surface area contributed by atoms with Gasteiger partial charge in [0.05, 0.1) is 19.4 Å². The zero-order valence-corrected chi connectivity index (χ0v) is 12.9. The lowest BCUT2D eigenvalue weighted by molar-refractivity contribution is 1.01. The SMILES string of the molecule is C[Si](C)(C)N([SiH2]CCl)[SiH2]CCl. The highest BCUT2D eigenvalue weighted by Gasteiger charge is 2.21. The Labute approximate surface area is 85.3 Å².